The molecule has 0 spiro atoms. The molecule has 126 valence electrons. The molecular formula is C17H19N3O3S. The first-order valence-corrected chi connectivity index (χ1v) is 8.68. The molecular weight excluding hydrogens is 326 g/mol. The standard InChI is InChI=1S/C17H19N3O3S/c1-11-18-10-15(24-11)17(22)20-14-7-3-2-6-13(14)16(21)19-9-12-5-4-8-23-12/h2-3,6-7,10,12H,4-5,8-9H2,1H3,(H,19,21)(H,20,22)/t12-/m1/s1. The van der Waals surface area contributed by atoms with Crippen LogP contribution < -0.4 is 10.6 Å². The molecule has 24 heavy (non-hydrogen) atoms. The predicted octanol–water partition coefficient (Wildman–Crippen LogP) is 2.61. The van der Waals surface area contributed by atoms with Gasteiger partial charge in [-0.2, -0.15) is 0 Å². The normalized spacial score (nSPS) is 16.8. The van der Waals surface area contributed by atoms with E-state index >= 15 is 0 Å². The van der Waals surface area contributed by atoms with Crippen molar-refractivity contribution in [3.05, 3.63) is 45.9 Å². The first-order chi connectivity index (χ1) is 11.6. The van der Waals surface area contributed by atoms with Crippen LogP contribution in [0.15, 0.2) is 30.5 Å². The van der Waals surface area contributed by atoms with Crippen LogP contribution in [0, 0.1) is 6.92 Å². The summed E-state index contributed by atoms with van der Waals surface area (Å²) in [5.74, 6) is -0.484. The van der Waals surface area contributed by atoms with E-state index in [1.165, 1.54) is 17.5 Å². The number of benzene rings is 1. The van der Waals surface area contributed by atoms with Crippen LogP contribution in [0.5, 0.6) is 0 Å². The minimum atomic E-state index is -0.264. The van der Waals surface area contributed by atoms with Crippen LogP contribution in [0.4, 0.5) is 5.69 Å². The molecule has 7 heteroatoms. The van der Waals surface area contributed by atoms with E-state index in [0.29, 0.717) is 22.7 Å². The molecule has 0 unspecified atom stereocenters. The van der Waals surface area contributed by atoms with Crippen LogP contribution in [0.1, 0.15) is 37.9 Å². The SMILES string of the molecule is Cc1ncc(C(=O)Nc2ccccc2C(=O)NC[C@H]2CCCO2)s1. The van der Waals surface area contributed by atoms with Crippen LogP contribution in [0.3, 0.4) is 0 Å². The molecule has 1 aromatic carbocycles. The minimum Gasteiger partial charge on any atom is -0.376 e. The van der Waals surface area contributed by atoms with Gasteiger partial charge >= 0.3 is 0 Å². The summed E-state index contributed by atoms with van der Waals surface area (Å²) < 4.78 is 5.50. The molecule has 0 aliphatic carbocycles. The van der Waals surface area contributed by atoms with Crippen molar-refractivity contribution in [2.45, 2.75) is 25.9 Å². The molecule has 1 fully saturated rings. The molecule has 2 N–H and O–H groups in total. The third kappa shape index (κ3) is 3.98. The third-order valence-corrected chi connectivity index (χ3v) is 4.69. The first kappa shape index (κ1) is 16.6. The van der Waals surface area contributed by atoms with Crippen LogP contribution in [-0.4, -0.2) is 36.1 Å². The summed E-state index contributed by atoms with van der Waals surface area (Å²) in [6, 6.07) is 6.96. The van der Waals surface area contributed by atoms with Gasteiger partial charge < -0.3 is 15.4 Å². The fraction of sp³-hybridized carbons (Fsp3) is 0.353. The Kier molecular flexibility index (Phi) is 5.22. The number of aromatic nitrogens is 1. The maximum atomic E-state index is 12.4. The second-order valence-corrected chi connectivity index (χ2v) is 6.82. The molecule has 3 rings (SSSR count). The Labute approximate surface area is 144 Å². The average Bonchev–Trinajstić information content (AvgIpc) is 3.24. The highest BCUT2D eigenvalue weighted by molar-refractivity contribution is 7.13. The summed E-state index contributed by atoms with van der Waals surface area (Å²) >= 11 is 1.32. The van der Waals surface area contributed by atoms with Gasteiger partial charge in [0, 0.05) is 13.2 Å². The van der Waals surface area contributed by atoms with Crippen LogP contribution in [-0.2, 0) is 4.74 Å². The summed E-state index contributed by atoms with van der Waals surface area (Å²) in [6.45, 7) is 3.07. The van der Waals surface area contributed by atoms with E-state index in [0.717, 1.165) is 24.5 Å². The Balaban J connectivity index is 1.67. The lowest BCUT2D eigenvalue weighted by atomic mass is 10.1. The molecule has 6 nitrogen and oxygen atoms in total. The number of carbonyl (C=O) groups excluding carboxylic acids is 2. The molecule has 0 radical (unpaired) electrons. The molecule has 1 atom stereocenters. The highest BCUT2D eigenvalue weighted by Crippen LogP contribution is 2.19. The Hall–Kier alpha value is -2.25. The number of hydrogen-bond donors (Lipinski definition) is 2. The van der Waals surface area contributed by atoms with Crippen molar-refractivity contribution in [1.82, 2.24) is 10.3 Å². The summed E-state index contributed by atoms with van der Waals surface area (Å²) in [4.78, 5) is 29.3. The lowest BCUT2D eigenvalue weighted by Gasteiger charge is -2.13. The number of nitrogens with one attached hydrogen (secondary N) is 2. The summed E-state index contributed by atoms with van der Waals surface area (Å²) in [5.41, 5.74) is 0.920. The number of hydrogen-bond acceptors (Lipinski definition) is 5. The number of para-hydroxylation sites is 1. The zero-order chi connectivity index (χ0) is 16.9. The first-order valence-electron chi connectivity index (χ1n) is 7.86. The van der Waals surface area contributed by atoms with Crippen LogP contribution in [0.2, 0.25) is 0 Å². The van der Waals surface area contributed by atoms with Gasteiger partial charge in [-0.25, -0.2) is 4.98 Å². The molecule has 0 saturated carbocycles. The van der Waals surface area contributed by atoms with Crippen molar-refractivity contribution in [3.8, 4) is 0 Å². The lowest BCUT2D eigenvalue weighted by Crippen LogP contribution is -2.32. The molecule has 2 amide bonds. The lowest BCUT2D eigenvalue weighted by molar-refractivity contribution is 0.0858. The molecule has 1 aromatic heterocycles. The van der Waals surface area contributed by atoms with Gasteiger partial charge in [0.2, 0.25) is 0 Å². The topological polar surface area (TPSA) is 80.3 Å². The number of ether oxygens (including phenoxy) is 1. The predicted molar refractivity (Wildman–Crippen MR) is 92.6 cm³/mol. The molecule has 2 aromatic rings. The van der Waals surface area contributed by atoms with E-state index in [1.54, 1.807) is 24.3 Å². The van der Waals surface area contributed by atoms with Crippen molar-refractivity contribution in [2.24, 2.45) is 0 Å². The van der Waals surface area contributed by atoms with Gasteiger partial charge in [-0.3, -0.25) is 9.59 Å². The van der Waals surface area contributed by atoms with Crippen molar-refractivity contribution in [2.75, 3.05) is 18.5 Å². The molecule has 1 aliphatic rings. The van der Waals surface area contributed by atoms with Crippen molar-refractivity contribution < 1.29 is 14.3 Å². The van der Waals surface area contributed by atoms with E-state index in [2.05, 4.69) is 15.6 Å². The fourth-order valence-electron chi connectivity index (χ4n) is 2.55. The maximum absolute atomic E-state index is 12.4. The quantitative estimate of drug-likeness (QED) is 0.873. The zero-order valence-corrected chi connectivity index (χ0v) is 14.2. The van der Waals surface area contributed by atoms with E-state index in [9.17, 15) is 9.59 Å². The second-order valence-electron chi connectivity index (χ2n) is 5.59. The second kappa shape index (κ2) is 7.55. The Morgan fingerprint density at radius 3 is 2.88 bits per heavy atom. The van der Waals surface area contributed by atoms with Gasteiger partial charge in [0.25, 0.3) is 11.8 Å². The van der Waals surface area contributed by atoms with Gasteiger partial charge in [-0.15, -0.1) is 11.3 Å². The van der Waals surface area contributed by atoms with Gasteiger partial charge in [0.1, 0.15) is 4.88 Å². The van der Waals surface area contributed by atoms with E-state index in [1.807, 2.05) is 6.92 Å². The van der Waals surface area contributed by atoms with Gasteiger partial charge in [-0.05, 0) is 31.9 Å². The number of carbonyl (C=O) groups is 2. The summed E-state index contributed by atoms with van der Waals surface area (Å²) in [5, 5.41) is 6.48. The highest BCUT2D eigenvalue weighted by Gasteiger charge is 2.19. The summed E-state index contributed by atoms with van der Waals surface area (Å²) in [6.07, 6.45) is 3.61. The van der Waals surface area contributed by atoms with Crippen molar-refractivity contribution >= 4 is 28.8 Å². The molecule has 1 aliphatic heterocycles. The average molecular weight is 345 g/mol. The van der Waals surface area contributed by atoms with Crippen LogP contribution in [0.25, 0.3) is 0 Å². The molecule has 2 heterocycles. The monoisotopic (exact) mass is 345 g/mol. The zero-order valence-electron chi connectivity index (χ0n) is 13.4. The Morgan fingerprint density at radius 1 is 1.33 bits per heavy atom. The van der Waals surface area contributed by atoms with Gasteiger partial charge in [-0.1, -0.05) is 12.1 Å². The fourth-order valence-corrected chi connectivity index (χ4v) is 3.22. The number of amides is 2. The molecule has 0 bridgehead atoms. The Morgan fingerprint density at radius 2 is 2.17 bits per heavy atom. The Bertz CT molecular complexity index is 738. The number of nitrogens with zero attached hydrogens (tertiary/aromatic N) is 1. The number of anilines is 1. The summed E-state index contributed by atoms with van der Waals surface area (Å²) in [7, 11) is 0. The maximum Gasteiger partial charge on any atom is 0.267 e. The van der Waals surface area contributed by atoms with E-state index in [4.69, 9.17) is 4.74 Å². The number of rotatable bonds is 5. The number of thiazole rings is 1. The van der Waals surface area contributed by atoms with E-state index < -0.39 is 0 Å². The smallest absolute Gasteiger partial charge is 0.267 e. The largest absolute Gasteiger partial charge is 0.376 e. The minimum absolute atomic E-state index is 0.0795. The highest BCUT2D eigenvalue weighted by atomic mass is 32.1. The van der Waals surface area contributed by atoms with Crippen molar-refractivity contribution in [3.63, 3.8) is 0 Å². The van der Waals surface area contributed by atoms with E-state index in [-0.39, 0.29) is 17.9 Å². The number of aryl methyl sites for hydroxylation is 1. The van der Waals surface area contributed by atoms with Crippen molar-refractivity contribution in [1.29, 1.82) is 0 Å². The third-order valence-electron chi connectivity index (χ3n) is 3.78. The van der Waals surface area contributed by atoms with Gasteiger partial charge in [0.05, 0.1) is 28.6 Å². The van der Waals surface area contributed by atoms with Crippen LogP contribution >= 0.6 is 11.3 Å². The molecule has 1 saturated heterocycles. The van der Waals surface area contributed by atoms with Gasteiger partial charge in [0.15, 0.2) is 0 Å².